The fraction of sp³-hybridized carbons (Fsp3) is 0.364. The van der Waals surface area contributed by atoms with Crippen LogP contribution in [0.25, 0.3) is 0 Å². The van der Waals surface area contributed by atoms with Crippen LogP contribution >= 0.6 is 24.2 Å². The molecule has 0 heterocycles. The summed E-state index contributed by atoms with van der Waals surface area (Å²) in [4.78, 5) is 12.6. The van der Waals surface area contributed by atoms with Crippen LogP contribution in [0, 0.1) is 0 Å². The van der Waals surface area contributed by atoms with Gasteiger partial charge < -0.3 is 11.1 Å². The molecule has 1 aromatic carbocycles. The molecule has 0 aliphatic rings. The molecule has 0 bridgehead atoms. The number of benzene rings is 1. The van der Waals surface area contributed by atoms with E-state index in [4.69, 9.17) is 5.73 Å². The van der Waals surface area contributed by atoms with Crippen LogP contribution in [0.3, 0.4) is 0 Å². The lowest BCUT2D eigenvalue weighted by molar-refractivity contribution is -0.116. The Morgan fingerprint density at radius 2 is 2.00 bits per heavy atom. The number of carbonyl (C=O) groups excluding carboxylic acids is 1. The lowest BCUT2D eigenvalue weighted by atomic mass is 10.2. The van der Waals surface area contributed by atoms with E-state index in [0.29, 0.717) is 6.42 Å². The number of nitrogens with one attached hydrogen (secondary N) is 1. The zero-order chi connectivity index (χ0) is 11.3. The second kappa shape index (κ2) is 7.54. The van der Waals surface area contributed by atoms with Crippen molar-refractivity contribution in [2.75, 3.05) is 11.6 Å². The smallest absolute Gasteiger partial charge is 0.225 e. The highest BCUT2D eigenvalue weighted by atomic mass is 35.5. The summed E-state index contributed by atoms with van der Waals surface area (Å²) in [6.07, 6.45) is 2.37. The molecule has 16 heavy (non-hydrogen) atoms. The second-order valence-electron chi connectivity index (χ2n) is 3.46. The fourth-order valence-corrected chi connectivity index (χ4v) is 1.59. The van der Waals surface area contributed by atoms with Gasteiger partial charge in [-0.3, -0.25) is 4.79 Å². The van der Waals surface area contributed by atoms with Crippen LogP contribution in [-0.2, 0) is 4.79 Å². The largest absolute Gasteiger partial charge is 0.327 e. The van der Waals surface area contributed by atoms with Crippen molar-refractivity contribution in [3.63, 3.8) is 0 Å². The van der Waals surface area contributed by atoms with Gasteiger partial charge in [0.2, 0.25) is 5.91 Å². The van der Waals surface area contributed by atoms with Gasteiger partial charge >= 0.3 is 0 Å². The maximum atomic E-state index is 11.4. The molecule has 90 valence electrons. The molecule has 1 aromatic rings. The number of anilines is 1. The minimum Gasteiger partial charge on any atom is -0.327 e. The topological polar surface area (TPSA) is 55.1 Å². The zero-order valence-corrected chi connectivity index (χ0v) is 11.0. The average Bonchev–Trinajstić information content (AvgIpc) is 2.17. The Morgan fingerprint density at radius 3 is 2.44 bits per heavy atom. The standard InChI is InChI=1S/C11H16N2OS.ClH/c1-8(12)7-11(14)13-9-3-5-10(15-2)6-4-9;/h3-6,8H,7,12H2,1-2H3,(H,13,14);1H. The Bertz CT molecular complexity index is 327. The predicted octanol–water partition coefficient (Wildman–Crippen LogP) is 2.51. The monoisotopic (exact) mass is 260 g/mol. The van der Waals surface area contributed by atoms with Crippen LogP contribution in [-0.4, -0.2) is 18.2 Å². The third kappa shape index (κ3) is 5.39. The molecular weight excluding hydrogens is 244 g/mol. The summed E-state index contributed by atoms with van der Waals surface area (Å²) in [7, 11) is 0. The number of nitrogens with two attached hydrogens (primary N) is 1. The van der Waals surface area contributed by atoms with Crippen LogP contribution < -0.4 is 11.1 Å². The Hall–Kier alpha value is -0.710. The maximum absolute atomic E-state index is 11.4. The van der Waals surface area contributed by atoms with Crippen molar-refractivity contribution < 1.29 is 4.79 Å². The maximum Gasteiger partial charge on any atom is 0.225 e. The van der Waals surface area contributed by atoms with Crippen LogP contribution in [0.4, 0.5) is 5.69 Å². The lowest BCUT2D eigenvalue weighted by Crippen LogP contribution is -2.23. The summed E-state index contributed by atoms with van der Waals surface area (Å²) in [5, 5.41) is 2.80. The summed E-state index contributed by atoms with van der Waals surface area (Å²) in [6, 6.07) is 7.64. The van der Waals surface area contributed by atoms with Crippen LogP contribution in [0.1, 0.15) is 13.3 Å². The van der Waals surface area contributed by atoms with Gasteiger partial charge in [-0.2, -0.15) is 0 Å². The van der Waals surface area contributed by atoms with E-state index in [1.165, 1.54) is 4.90 Å². The molecule has 0 fully saturated rings. The van der Waals surface area contributed by atoms with E-state index in [0.717, 1.165) is 5.69 Å². The predicted molar refractivity (Wildman–Crippen MR) is 72.4 cm³/mol. The van der Waals surface area contributed by atoms with Crippen molar-refractivity contribution >= 4 is 35.8 Å². The third-order valence-corrected chi connectivity index (χ3v) is 2.62. The number of hydrogen-bond donors (Lipinski definition) is 2. The van der Waals surface area contributed by atoms with Gasteiger partial charge in [-0.05, 0) is 37.4 Å². The van der Waals surface area contributed by atoms with Gasteiger partial charge in [0, 0.05) is 23.0 Å². The second-order valence-corrected chi connectivity index (χ2v) is 4.34. The van der Waals surface area contributed by atoms with Crippen molar-refractivity contribution in [2.45, 2.75) is 24.3 Å². The molecule has 1 atom stereocenters. The van der Waals surface area contributed by atoms with E-state index >= 15 is 0 Å². The van der Waals surface area contributed by atoms with Gasteiger partial charge in [-0.1, -0.05) is 0 Å². The molecule has 3 nitrogen and oxygen atoms in total. The summed E-state index contributed by atoms with van der Waals surface area (Å²) in [5.74, 6) is -0.0399. The van der Waals surface area contributed by atoms with Gasteiger partial charge in [0.1, 0.15) is 0 Å². The zero-order valence-electron chi connectivity index (χ0n) is 9.40. The number of carbonyl (C=O) groups is 1. The molecule has 0 spiro atoms. The fourth-order valence-electron chi connectivity index (χ4n) is 1.18. The molecule has 0 aliphatic heterocycles. The number of thioether (sulfide) groups is 1. The van der Waals surface area contributed by atoms with Crippen molar-refractivity contribution in [2.24, 2.45) is 5.73 Å². The van der Waals surface area contributed by atoms with Crippen LogP contribution in [0.15, 0.2) is 29.2 Å². The highest BCUT2D eigenvalue weighted by molar-refractivity contribution is 7.98. The molecule has 1 rings (SSSR count). The Kier molecular flexibility index (Phi) is 7.21. The van der Waals surface area contributed by atoms with E-state index in [-0.39, 0.29) is 24.4 Å². The van der Waals surface area contributed by atoms with Crippen molar-refractivity contribution in [1.82, 2.24) is 0 Å². The summed E-state index contributed by atoms with van der Waals surface area (Å²) < 4.78 is 0. The van der Waals surface area contributed by atoms with E-state index in [1.807, 2.05) is 37.4 Å². The van der Waals surface area contributed by atoms with Crippen molar-refractivity contribution in [1.29, 1.82) is 0 Å². The van der Waals surface area contributed by atoms with Gasteiger partial charge in [-0.25, -0.2) is 0 Å². The molecule has 0 radical (unpaired) electrons. The molecule has 5 heteroatoms. The summed E-state index contributed by atoms with van der Waals surface area (Å²) in [5.41, 5.74) is 6.35. The number of halogens is 1. The Balaban J connectivity index is 0.00000225. The molecule has 0 saturated heterocycles. The van der Waals surface area contributed by atoms with Gasteiger partial charge in [0.15, 0.2) is 0 Å². The minimum atomic E-state index is -0.101. The minimum absolute atomic E-state index is 0. The van der Waals surface area contributed by atoms with Crippen LogP contribution in [0.5, 0.6) is 0 Å². The highest BCUT2D eigenvalue weighted by Gasteiger charge is 2.04. The first-order valence-corrected chi connectivity index (χ1v) is 6.04. The van der Waals surface area contributed by atoms with E-state index in [2.05, 4.69) is 5.32 Å². The van der Waals surface area contributed by atoms with Crippen LogP contribution in [0.2, 0.25) is 0 Å². The number of hydrogen-bond acceptors (Lipinski definition) is 3. The SMILES string of the molecule is CSc1ccc(NC(=O)CC(C)N)cc1.Cl. The van der Waals surface area contributed by atoms with Gasteiger partial charge in [0.05, 0.1) is 0 Å². The van der Waals surface area contributed by atoms with Gasteiger partial charge in [-0.15, -0.1) is 24.2 Å². The molecule has 1 unspecified atom stereocenters. The molecule has 1 amide bonds. The molecule has 0 saturated carbocycles. The average molecular weight is 261 g/mol. The first-order valence-electron chi connectivity index (χ1n) is 4.81. The van der Waals surface area contributed by atoms with Crippen molar-refractivity contribution in [3.8, 4) is 0 Å². The number of amides is 1. The van der Waals surface area contributed by atoms with E-state index < -0.39 is 0 Å². The van der Waals surface area contributed by atoms with Gasteiger partial charge in [0.25, 0.3) is 0 Å². The summed E-state index contributed by atoms with van der Waals surface area (Å²) >= 11 is 1.67. The molecule has 0 aromatic heterocycles. The van der Waals surface area contributed by atoms with E-state index in [9.17, 15) is 4.79 Å². The normalized spacial score (nSPS) is 11.4. The first kappa shape index (κ1) is 15.3. The summed E-state index contributed by atoms with van der Waals surface area (Å²) in [6.45, 7) is 1.82. The highest BCUT2D eigenvalue weighted by Crippen LogP contribution is 2.17. The Morgan fingerprint density at radius 1 is 1.44 bits per heavy atom. The van der Waals surface area contributed by atoms with Crippen molar-refractivity contribution in [3.05, 3.63) is 24.3 Å². The third-order valence-electron chi connectivity index (χ3n) is 1.88. The molecule has 0 aliphatic carbocycles. The quantitative estimate of drug-likeness (QED) is 0.818. The first-order chi connectivity index (χ1) is 7.11. The molecule has 3 N–H and O–H groups in total. The van der Waals surface area contributed by atoms with E-state index in [1.54, 1.807) is 11.8 Å². The Labute approximate surface area is 107 Å². The molecular formula is C11H17ClN2OS. The number of rotatable bonds is 4. The lowest BCUT2D eigenvalue weighted by Gasteiger charge is -2.07.